The van der Waals surface area contributed by atoms with Crippen LogP contribution in [0.1, 0.15) is 12.8 Å². The van der Waals surface area contributed by atoms with Gasteiger partial charge in [-0.25, -0.2) is 4.79 Å². The van der Waals surface area contributed by atoms with Gasteiger partial charge in [-0.1, -0.05) is 0 Å². The molecule has 0 saturated carbocycles. The van der Waals surface area contributed by atoms with Gasteiger partial charge < -0.3 is 10.2 Å². The molecule has 0 atom stereocenters. The summed E-state index contributed by atoms with van der Waals surface area (Å²) in [7, 11) is 0. The van der Waals surface area contributed by atoms with E-state index in [1.807, 2.05) is 0 Å². The average molecular weight is 148 g/mol. The summed E-state index contributed by atoms with van der Waals surface area (Å²) >= 11 is 0. The van der Waals surface area contributed by atoms with Crippen LogP contribution < -0.4 is 0 Å². The molecule has 0 radical (unpaired) electrons. The SMILES string of the molecule is O=C(O)C[13CH2][13C](=O)C(=O)O. The van der Waals surface area contributed by atoms with Crippen LogP contribution in [0.2, 0.25) is 0 Å². The van der Waals surface area contributed by atoms with Crippen molar-refractivity contribution in [3.63, 3.8) is 0 Å². The van der Waals surface area contributed by atoms with Gasteiger partial charge in [-0.05, 0) is 0 Å². The fourth-order valence-corrected chi connectivity index (χ4v) is 0.327. The van der Waals surface area contributed by atoms with Crippen LogP contribution in [0.3, 0.4) is 0 Å². The summed E-state index contributed by atoms with van der Waals surface area (Å²) in [6.45, 7) is 0. The Labute approximate surface area is 56.3 Å². The molecule has 10 heavy (non-hydrogen) atoms. The zero-order valence-corrected chi connectivity index (χ0v) is 5.03. The lowest BCUT2D eigenvalue weighted by atomic mass is 10.6. The predicted octanol–water partition coefficient (Wildman–Crippen LogP) is -0.495. The van der Waals surface area contributed by atoms with Crippen molar-refractivity contribution < 1.29 is 24.6 Å². The zero-order valence-electron chi connectivity index (χ0n) is 5.03. The fraction of sp³-hybridized carbons (Fsp3) is 0.400. The molecule has 0 unspecified atom stereocenters. The summed E-state index contributed by atoms with van der Waals surface area (Å²) in [5, 5.41) is 16.0. The van der Waals surface area contributed by atoms with Gasteiger partial charge in [0.25, 0.3) is 0 Å². The van der Waals surface area contributed by atoms with E-state index < -0.39 is 30.6 Å². The van der Waals surface area contributed by atoms with Gasteiger partial charge in [0.15, 0.2) is 0 Å². The second-order valence-electron chi connectivity index (χ2n) is 1.62. The highest BCUT2D eigenvalue weighted by Gasteiger charge is 2.12. The number of carboxylic acid groups (broad SMARTS) is 2. The van der Waals surface area contributed by atoms with Crippen LogP contribution in [-0.4, -0.2) is 27.9 Å². The third kappa shape index (κ3) is 3.59. The molecule has 5 nitrogen and oxygen atoms in total. The highest BCUT2D eigenvalue weighted by molar-refractivity contribution is 6.32. The Morgan fingerprint density at radius 2 is 1.50 bits per heavy atom. The summed E-state index contributed by atoms with van der Waals surface area (Å²) in [6.07, 6.45) is -0.865. The van der Waals surface area contributed by atoms with Gasteiger partial charge in [0, 0.05) is 6.42 Å². The number of hydrogen-bond acceptors (Lipinski definition) is 3. The molecule has 56 valence electrons. The molecule has 0 aliphatic heterocycles. The molecule has 5 heteroatoms. The van der Waals surface area contributed by atoms with Crippen LogP contribution in [0, 0.1) is 0 Å². The number of aliphatic carboxylic acids is 2. The van der Waals surface area contributed by atoms with E-state index in [1.165, 1.54) is 0 Å². The van der Waals surface area contributed by atoms with E-state index in [9.17, 15) is 14.4 Å². The number of carbonyl (C=O) groups is 3. The lowest BCUT2D eigenvalue weighted by Crippen LogP contribution is -2.13. The van der Waals surface area contributed by atoms with Crippen molar-refractivity contribution in [3.8, 4) is 0 Å². The first-order valence-corrected chi connectivity index (χ1v) is 2.52. The van der Waals surface area contributed by atoms with Crippen molar-refractivity contribution in [2.24, 2.45) is 0 Å². The van der Waals surface area contributed by atoms with Crippen molar-refractivity contribution in [2.45, 2.75) is 12.8 Å². The number of carboxylic acids is 2. The first kappa shape index (κ1) is 8.61. The Morgan fingerprint density at radius 3 is 1.80 bits per heavy atom. The van der Waals surface area contributed by atoms with E-state index in [2.05, 4.69) is 0 Å². The summed E-state index contributed by atoms with van der Waals surface area (Å²) in [5.41, 5.74) is 0. The van der Waals surface area contributed by atoms with Gasteiger partial charge in [-0.15, -0.1) is 0 Å². The molecular formula is C5H6O5. The maximum absolute atomic E-state index is 10.2. The number of carbonyl (C=O) groups excluding carboxylic acids is 1. The molecule has 0 aromatic heterocycles. The average Bonchev–Trinajstić information content (AvgIpc) is 1.82. The van der Waals surface area contributed by atoms with E-state index in [1.54, 1.807) is 0 Å². The first-order valence-electron chi connectivity index (χ1n) is 2.52. The Hall–Kier alpha value is -1.39. The van der Waals surface area contributed by atoms with Crippen LogP contribution in [0.15, 0.2) is 0 Å². The second-order valence-corrected chi connectivity index (χ2v) is 1.62. The summed E-state index contributed by atoms with van der Waals surface area (Å²) < 4.78 is 0. The van der Waals surface area contributed by atoms with Gasteiger partial charge in [0.05, 0.1) is 6.42 Å². The quantitative estimate of drug-likeness (QED) is 0.414. The normalized spacial score (nSPS) is 8.80. The van der Waals surface area contributed by atoms with E-state index in [-0.39, 0.29) is 0 Å². The van der Waals surface area contributed by atoms with E-state index in [4.69, 9.17) is 10.2 Å². The third-order valence-corrected chi connectivity index (χ3v) is 0.804. The molecule has 0 rings (SSSR count). The minimum absolute atomic E-state index is 0.425. The van der Waals surface area contributed by atoms with Crippen molar-refractivity contribution in [1.82, 2.24) is 0 Å². The molecule has 0 heterocycles. The van der Waals surface area contributed by atoms with Gasteiger partial charge in [-0.3, -0.25) is 9.59 Å². The van der Waals surface area contributed by atoms with Crippen molar-refractivity contribution in [2.75, 3.05) is 0 Å². The Morgan fingerprint density at radius 1 is 1.00 bits per heavy atom. The number of hydrogen-bond donors (Lipinski definition) is 2. The van der Waals surface area contributed by atoms with Crippen molar-refractivity contribution >= 4 is 17.7 Å². The Balaban J connectivity index is 3.60. The monoisotopic (exact) mass is 148 g/mol. The van der Waals surface area contributed by atoms with Crippen molar-refractivity contribution in [1.29, 1.82) is 0 Å². The summed E-state index contributed by atoms with van der Waals surface area (Å²) in [4.78, 5) is 29.7. The maximum atomic E-state index is 10.2. The molecule has 0 aliphatic rings. The van der Waals surface area contributed by atoms with E-state index in [0.717, 1.165) is 0 Å². The summed E-state index contributed by atoms with van der Waals surface area (Å²) in [5.74, 6) is -3.82. The zero-order chi connectivity index (χ0) is 8.15. The minimum atomic E-state index is -1.58. The highest BCUT2D eigenvalue weighted by Crippen LogP contribution is 1.89. The number of ketones is 1. The van der Waals surface area contributed by atoms with Gasteiger partial charge >= 0.3 is 11.9 Å². The Kier molecular flexibility index (Phi) is 3.10. The van der Waals surface area contributed by atoms with Crippen LogP contribution >= 0.6 is 0 Å². The van der Waals surface area contributed by atoms with Gasteiger partial charge in [-0.2, -0.15) is 0 Å². The molecule has 2 N–H and O–H groups in total. The lowest BCUT2D eigenvalue weighted by molar-refractivity contribution is -0.149. The standard InChI is InChI=1S/C5H6O5/c6-3(5(9)10)1-2-4(7)8/h1-2H2,(H,7,8)(H,9,10)/i1+1,3+1. The first-order chi connectivity index (χ1) is 4.54. The molecule has 0 aromatic carbocycles. The van der Waals surface area contributed by atoms with E-state index >= 15 is 0 Å². The smallest absolute Gasteiger partial charge is 0.372 e. The largest absolute Gasteiger partial charge is 0.481 e. The van der Waals surface area contributed by atoms with Gasteiger partial charge in [0.2, 0.25) is 5.78 Å². The van der Waals surface area contributed by atoms with E-state index in [0.29, 0.717) is 0 Å². The summed E-state index contributed by atoms with van der Waals surface area (Å²) in [6, 6.07) is 0. The van der Waals surface area contributed by atoms with Gasteiger partial charge in [0.1, 0.15) is 0 Å². The predicted molar refractivity (Wildman–Crippen MR) is 29.5 cm³/mol. The number of rotatable bonds is 4. The third-order valence-electron chi connectivity index (χ3n) is 0.804. The lowest BCUT2D eigenvalue weighted by Gasteiger charge is -1.88. The van der Waals surface area contributed by atoms with Crippen LogP contribution in [-0.2, 0) is 14.4 Å². The van der Waals surface area contributed by atoms with Crippen LogP contribution in [0.25, 0.3) is 0 Å². The molecule has 0 amide bonds. The molecule has 0 bridgehead atoms. The molecule has 0 fully saturated rings. The molecule has 0 spiro atoms. The number of Topliss-reactive ketones (excluding diaryl/α,β-unsaturated/α-hetero) is 1. The highest BCUT2D eigenvalue weighted by atomic mass is 16.4. The van der Waals surface area contributed by atoms with Crippen LogP contribution in [0.5, 0.6) is 0 Å². The second kappa shape index (κ2) is 3.60. The Bertz CT molecular complexity index is 171. The molecule has 0 aromatic rings. The molecular weight excluding hydrogens is 142 g/mol. The maximum Gasteiger partial charge on any atom is 0.372 e. The topological polar surface area (TPSA) is 91.7 Å². The molecule has 0 aliphatic carbocycles. The fourth-order valence-electron chi connectivity index (χ4n) is 0.327. The van der Waals surface area contributed by atoms with Crippen molar-refractivity contribution in [3.05, 3.63) is 0 Å². The minimum Gasteiger partial charge on any atom is -0.481 e. The molecule has 0 saturated heterocycles. The van der Waals surface area contributed by atoms with Crippen LogP contribution in [0.4, 0.5) is 0 Å².